The van der Waals surface area contributed by atoms with Gasteiger partial charge in [-0.15, -0.1) is 11.3 Å². The van der Waals surface area contributed by atoms with Gasteiger partial charge in [0.05, 0.1) is 5.25 Å². The van der Waals surface area contributed by atoms with Crippen molar-refractivity contribution in [2.24, 2.45) is 0 Å². The van der Waals surface area contributed by atoms with E-state index < -0.39 is 11.3 Å². The first-order valence-corrected chi connectivity index (χ1v) is 7.81. The summed E-state index contributed by atoms with van der Waals surface area (Å²) in [5, 5.41) is 8.00. The number of amides is 3. The van der Waals surface area contributed by atoms with Crippen molar-refractivity contribution in [3.05, 3.63) is 17.8 Å². The molecule has 6 nitrogen and oxygen atoms in total. The molecule has 2 aromatic rings. The molecule has 8 heteroatoms. The SMILES string of the molecule is CCNC(=O)NC(=O)[C@H](C)Sc1ncnc2sccc12. The molecule has 0 aliphatic heterocycles. The van der Waals surface area contributed by atoms with Gasteiger partial charge in [-0.1, -0.05) is 11.8 Å². The highest BCUT2D eigenvalue weighted by atomic mass is 32.2. The number of hydrogen-bond donors (Lipinski definition) is 2. The van der Waals surface area contributed by atoms with Crippen LogP contribution in [0.5, 0.6) is 0 Å². The van der Waals surface area contributed by atoms with Crippen LogP contribution in [0.25, 0.3) is 10.2 Å². The lowest BCUT2D eigenvalue weighted by atomic mass is 10.4. The van der Waals surface area contributed by atoms with Gasteiger partial charge < -0.3 is 5.32 Å². The number of carbonyl (C=O) groups excluding carboxylic acids is 2. The number of fused-ring (bicyclic) bond motifs is 1. The van der Waals surface area contributed by atoms with Gasteiger partial charge in [-0.05, 0) is 25.3 Å². The number of rotatable bonds is 4. The lowest BCUT2D eigenvalue weighted by molar-refractivity contribution is -0.119. The molecule has 20 heavy (non-hydrogen) atoms. The number of imide groups is 1. The number of nitrogens with one attached hydrogen (secondary N) is 2. The molecule has 1 atom stereocenters. The largest absolute Gasteiger partial charge is 0.338 e. The summed E-state index contributed by atoms with van der Waals surface area (Å²) in [6.07, 6.45) is 1.48. The van der Waals surface area contributed by atoms with Crippen LogP contribution in [0.15, 0.2) is 22.8 Å². The van der Waals surface area contributed by atoms with E-state index in [0.717, 1.165) is 15.2 Å². The van der Waals surface area contributed by atoms with Gasteiger partial charge in [-0.25, -0.2) is 14.8 Å². The van der Waals surface area contributed by atoms with Gasteiger partial charge in [0.25, 0.3) is 0 Å². The van der Waals surface area contributed by atoms with Gasteiger partial charge in [0.1, 0.15) is 16.2 Å². The van der Waals surface area contributed by atoms with Crippen molar-refractivity contribution in [1.82, 2.24) is 20.6 Å². The summed E-state index contributed by atoms with van der Waals surface area (Å²) in [5.41, 5.74) is 0. The Balaban J connectivity index is 2.04. The second-order valence-corrected chi connectivity index (χ2v) is 6.15. The Morgan fingerprint density at radius 1 is 1.45 bits per heavy atom. The smallest absolute Gasteiger partial charge is 0.321 e. The minimum absolute atomic E-state index is 0.344. The maximum absolute atomic E-state index is 11.9. The van der Waals surface area contributed by atoms with E-state index in [0.29, 0.717) is 6.54 Å². The molecular weight excluding hydrogens is 296 g/mol. The van der Waals surface area contributed by atoms with Crippen LogP contribution in [0.1, 0.15) is 13.8 Å². The summed E-state index contributed by atoms with van der Waals surface area (Å²) >= 11 is 2.83. The van der Waals surface area contributed by atoms with Crippen LogP contribution in [0.2, 0.25) is 0 Å². The number of urea groups is 1. The minimum Gasteiger partial charge on any atom is -0.338 e. The topological polar surface area (TPSA) is 84.0 Å². The van der Waals surface area contributed by atoms with E-state index in [9.17, 15) is 9.59 Å². The van der Waals surface area contributed by atoms with Crippen molar-refractivity contribution in [1.29, 1.82) is 0 Å². The molecular formula is C12H14N4O2S2. The third-order valence-corrected chi connectivity index (χ3v) is 4.39. The Labute approximate surface area is 124 Å². The van der Waals surface area contributed by atoms with E-state index in [-0.39, 0.29) is 5.91 Å². The molecule has 106 valence electrons. The number of nitrogens with zero attached hydrogens (tertiary/aromatic N) is 2. The molecule has 0 aliphatic rings. The summed E-state index contributed by atoms with van der Waals surface area (Å²) in [7, 11) is 0. The zero-order valence-corrected chi connectivity index (χ0v) is 12.7. The van der Waals surface area contributed by atoms with E-state index in [1.54, 1.807) is 13.8 Å². The summed E-state index contributed by atoms with van der Waals surface area (Å²) in [6, 6.07) is 1.45. The zero-order chi connectivity index (χ0) is 14.5. The first kappa shape index (κ1) is 14.7. The maximum Gasteiger partial charge on any atom is 0.321 e. The van der Waals surface area contributed by atoms with Crippen molar-refractivity contribution >= 4 is 45.3 Å². The number of aromatic nitrogens is 2. The van der Waals surface area contributed by atoms with Crippen molar-refractivity contribution in [2.45, 2.75) is 24.1 Å². The van der Waals surface area contributed by atoms with Crippen LogP contribution >= 0.6 is 23.1 Å². The average Bonchev–Trinajstić information content (AvgIpc) is 2.88. The Bertz CT molecular complexity index is 629. The molecule has 0 saturated heterocycles. The lowest BCUT2D eigenvalue weighted by Gasteiger charge is -2.11. The van der Waals surface area contributed by atoms with E-state index in [1.165, 1.54) is 29.4 Å². The molecule has 0 saturated carbocycles. The molecule has 0 fully saturated rings. The van der Waals surface area contributed by atoms with E-state index in [4.69, 9.17) is 0 Å². The first-order chi connectivity index (χ1) is 9.61. The molecule has 2 rings (SSSR count). The van der Waals surface area contributed by atoms with Gasteiger partial charge in [-0.2, -0.15) is 0 Å². The van der Waals surface area contributed by atoms with E-state index in [2.05, 4.69) is 20.6 Å². The number of thioether (sulfide) groups is 1. The molecule has 0 unspecified atom stereocenters. The van der Waals surface area contributed by atoms with E-state index >= 15 is 0 Å². The fourth-order valence-corrected chi connectivity index (χ4v) is 3.20. The molecule has 0 aromatic carbocycles. The molecule has 0 spiro atoms. The van der Waals surface area contributed by atoms with Crippen molar-refractivity contribution in [3.8, 4) is 0 Å². The summed E-state index contributed by atoms with van der Waals surface area (Å²) in [5.74, 6) is -0.344. The normalized spacial score (nSPS) is 12.1. The highest BCUT2D eigenvalue weighted by Gasteiger charge is 2.18. The lowest BCUT2D eigenvalue weighted by Crippen LogP contribution is -2.42. The Morgan fingerprint density at radius 2 is 2.25 bits per heavy atom. The van der Waals surface area contributed by atoms with Gasteiger partial charge >= 0.3 is 6.03 Å². The van der Waals surface area contributed by atoms with Gasteiger partial charge in [0.2, 0.25) is 5.91 Å². The first-order valence-electron chi connectivity index (χ1n) is 6.05. The number of carbonyl (C=O) groups is 2. The second kappa shape index (κ2) is 6.67. The fraction of sp³-hybridized carbons (Fsp3) is 0.333. The van der Waals surface area contributed by atoms with Crippen LogP contribution in [0, 0.1) is 0 Å². The predicted molar refractivity (Wildman–Crippen MR) is 79.9 cm³/mol. The monoisotopic (exact) mass is 310 g/mol. The number of thiophene rings is 1. The predicted octanol–water partition coefficient (Wildman–Crippen LogP) is 2.02. The molecule has 2 aromatic heterocycles. The highest BCUT2D eigenvalue weighted by Crippen LogP contribution is 2.30. The molecule has 0 aliphatic carbocycles. The number of hydrogen-bond acceptors (Lipinski definition) is 6. The Morgan fingerprint density at radius 3 is 3.00 bits per heavy atom. The zero-order valence-electron chi connectivity index (χ0n) is 11.0. The Hall–Kier alpha value is -1.67. The molecule has 0 radical (unpaired) electrons. The van der Waals surface area contributed by atoms with Crippen molar-refractivity contribution in [2.75, 3.05) is 6.54 Å². The Kier molecular flexibility index (Phi) is 4.91. The molecule has 2 heterocycles. The van der Waals surface area contributed by atoms with Crippen LogP contribution in [0.3, 0.4) is 0 Å². The quantitative estimate of drug-likeness (QED) is 0.667. The second-order valence-electron chi connectivity index (χ2n) is 3.93. The van der Waals surface area contributed by atoms with Crippen molar-refractivity contribution < 1.29 is 9.59 Å². The fourth-order valence-electron chi connectivity index (χ4n) is 1.50. The van der Waals surface area contributed by atoms with Crippen LogP contribution < -0.4 is 10.6 Å². The van der Waals surface area contributed by atoms with Crippen LogP contribution in [-0.4, -0.2) is 33.7 Å². The van der Waals surface area contributed by atoms with E-state index in [1.807, 2.05) is 11.4 Å². The van der Waals surface area contributed by atoms with Gasteiger partial charge in [0.15, 0.2) is 0 Å². The molecule has 0 bridgehead atoms. The summed E-state index contributed by atoms with van der Waals surface area (Å²) in [6.45, 7) is 4.00. The van der Waals surface area contributed by atoms with Crippen LogP contribution in [-0.2, 0) is 4.79 Å². The summed E-state index contributed by atoms with van der Waals surface area (Å²) < 4.78 is 0. The van der Waals surface area contributed by atoms with Gasteiger partial charge in [0, 0.05) is 11.9 Å². The maximum atomic E-state index is 11.9. The van der Waals surface area contributed by atoms with Crippen molar-refractivity contribution in [3.63, 3.8) is 0 Å². The third-order valence-electron chi connectivity index (χ3n) is 2.46. The van der Waals surface area contributed by atoms with Gasteiger partial charge in [-0.3, -0.25) is 10.1 Å². The van der Waals surface area contributed by atoms with Crippen LogP contribution in [0.4, 0.5) is 4.79 Å². The third kappa shape index (κ3) is 3.45. The minimum atomic E-state index is -0.478. The molecule has 2 N–H and O–H groups in total. The highest BCUT2D eigenvalue weighted by molar-refractivity contribution is 8.00. The average molecular weight is 310 g/mol. The summed E-state index contributed by atoms with van der Waals surface area (Å²) in [4.78, 5) is 32.4. The standard InChI is InChI=1S/C12H14N4O2S2/c1-3-13-12(18)16-9(17)7(2)20-11-8-4-5-19-10(8)14-6-15-11/h4-7H,3H2,1-2H3,(H2,13,16,17,18)/t7-/m0/s1. The molecule has 3 amide bonds.